The van der Waals surface area contributed by atoms with Gasteiger partial charge in [0.25, 0.3) is 5.71 Å². The highest BCUT2D eigenvalue weighted by Crippen LogP contribution is 2.00. The first kappa shape index (κ1) is 11.9. The number of rotatable bonds is 1. The first-order valence-corrected chi connectivity index (χ1v) is 4.55. The van der Waals surface area contributed by atoms with Gasteiger partial charge in [0.05, 0.1) is 12.8 Å². The summed E-state index contributed by atoms with van der Waals surface area (Å²) in [6.45, 7) is 3.65. The molecule has 7 nitrogen and oxygen atoms in total. The van der Waals surface area contributed by atoms with Crippen LogP contribution in [-0.4, -0.2) is 27.5 Å². The Bertz CT molecular complexity index is 480. The van der Waals surface area contributed by atoms with Gasteiger partial charge in [-0.1, -0.05) is 0 Å². The third-order valence-corrected chi connectivity index (χ3v) is 1.45. The lowest BCUT2D eigenvalue weighted by molar-refractivity contribution is -0.140. The van der Waals surface area contributed by atoms with Crippen LogP contribution in [0.5, 0.6) is 0 Å². The van der Waals surface area contributed by atoms with E-state index in [1.165, 1.54) is 19.4 Å². The van der Waals surface area contributed by atoms with Crippen LogP contribution >= 0.6 is 0 Å². The largest absolute Gasteiger partial charge is 0.466 e. The van der Waals surface area contributed by atoms with Crippen LogP contribution in [0, 0.1) is 0 Å². The number of carbonyl (C=O) groups excluding carboxylic acids is 1. The topological polar surface area (TPSA) is 98.1 Å². The molecule has 0 unspecified atom stereocenters. The second-order valence-electron chi connectivity index (χ2n) is 2.68. The molecule has 0 aromatic carbocycles. The maximum Gasteiger partial charge on any atom is 0.418 e. The number of hydrogen-bond acceptors (Lipinski definition) is 6. The maximum absolute atomic E-state index is 10.5. The molecule has 2 rings (SSSR count). The van der Waals surface area contributed by atoms with E-state index in [2.05, 4.69) is 24.1 Å². The van der Waals surface area contributed by atoms with Crippen molar-refractivity contribution in [2.24, 2.45) is 0 Å². The fraction of sp³-hybridized carbons (Fsp3) is 0.333. The van der Waals surface area contributed by atoms with Gasteiger partial charge in [0.15, 0.2) is 0 Å². The van der Waals surface area contributed by atoms with Gasteiger partial charge >= 0.3 is 11.7 Å². The summed E-state index contributed by atoms with van der Waals surface area (Å²) in [5, 5.41) is 0. The van der Waals surface area contributed by atoms with Gasteiger partial charge < -0.3 is 9.15 Å². The van der Waals surface area contributed by atoms with Crippen molar-refractivity contribution in [3.05, 3.63) is 23.1 Å². The highest BCUT2D eigenvalue weighted by molar-refractivity contribution is 5.65. The Morgan fingerprint density at radius 1 is 1.62 bits per heavy atom. The van der Waals surface area contributed by atoms with Gasteiger partial charge in [-0.25, -0.2) is 9.78 Å². The van der Waals surface area contributed by atoms with Crippen molar-refractivity contribution < 1.29 is 13.9 Å². The molecular weight excluding hydrogens is 214 g/mol. The second-order valence-corrected chi connectivity index (χ2v) is 2.68. The smallest absolute Gasteiger partial charge is 0.418 e. The number of H-pyrrole nitrogens is 1. The number of aromatic amines is 1. The van der Waals surface area contributed by atoms with Gasteiger partial charge in [-0.05, 0) is 6.92 Å². The zero-order valence-corrected chi connectivity index (χ0v) is 8.89. The van der Waals surface area contributed by atoms with Gasteiger partial charge in [-0.2, -0.15) is 4.98 Å². The highest BCUT2D eigenvalue weighted by atomic mass is 16.5. The number of carbonyl (C=O) groups is 1. The number of nitrogens with zero attached hydrogens (tertiary/aromatic N) is 2. The Morgan fingerprint density at radius 3 is 2.88 bits per heavy atom. The molecular formula is C9H11N3O4. The molecule has 86 valence electrons. The zero-order chi connectivity index (χ0) is 12.0. The van der Waals surface area contributed by atoms with Gasteiger partial charge in [0.2, 0.25) is 0 Å². The lowest BCUT2D eigenvalue weighted by atomic mass is 10.6. The van der Waals surface area contributed by atoms with E-state index in [-0.39, 0.29) is 5.97 Å². The van der Waals surface area contributed by atoms with Crippen LogP contribution in [0.1, 0.15) is 13.8 Å². The van der Waals surface area contributed by atoms with Crippen molar-refractivity contribution in [3.63, 3.8) is 0 Å². The molecule has 0 aliphatic rings. The molecule has 0 aliphatic heterocycles. The van der Waals surface area contributed by atoms with Crippen LogP contribution in [-0.2, 0) is 9.53 Å². The van der Waals surface area contributed by atoms with E-state index in [4.69, 9.17) is 0 Å². The molecule has 2 aromatic heterocycles. The number of oxazole rings is 1. The summed E-state index contributed by atoms with van der Waals surface area (Å²) in [4.78, 5) is 30.1. The van der Waals surface area contributed by atoms with Crippen LogP contribution in [0.2, 0.25) is 0 Å². The maximum atomic E-state index is 10.5. The van der Waals surface area contributed by atoms with E-state index in [0.29, 0.717) is 17.8 Å². The number of aromatic nitrogens is 3. The highest BCUT2D eigenvalue weighted by Gasteiger charge is 1.98. The molecule has 1 N–H and O–H groups in total. The minimum Gasteiger partial charge on any atom is -0.466 e. The Hall–Kier alpha value is -2.18. The number of hydrogen-bond donors (Lipinski definition) is 1. The number of fused-ring (bicyclic) bond motifs is 1. The quantitative estimate of drug-likeness (QED) is 0.709. The lowest BCUT2D eigenvalue weighted by Crippen LogP contribution is -1.95. The average molecular weight is 225 g/mol. The molecule has 0 spiro atoms. The number of esters is 1. The van der Waals surface area contributed by atoms with Crippen LogP contribution in [0.4, 0.5) is 0 Å². The first-order chi connectivity index (χ1) is 7.63. The fourth-order valence-electron chi connectivity index (χ4n) is 0.912. The Kier molecular flexibility index (Phi) is 4.19. The third-order valence-electron chi connectivity index (χ3n) is 1.45. The van der Waals surface area contributed by atoms with E-state index in [0.717, 1.165) is 0 Å². The van der Waals surface area contributed by atoms with E-state index in [1.807, 2.05) is 0 Å². The van der Waals surface area contributed by atoms with Crippen LogP contribution < -0.4 is 5.76 Å². The van der Waals surface area contributed by atoms with Gasteiger partial charge in [-0.3, -0.25) is 9.78 Å². The molecule has 0 saturated carbocycles. The van der Waals surface area contributed by atoms with Gasteiger partial charge in [0, 0.05) is 6.92 Å². The summed E-state index contributed by atoms with van der Waals surface area (Å²) in [7, 11) is 0. The summed E-state index contributed by atoms with van der Waals surface area (Å²) >= 11 is 0. The molecule has 2 heterocycles. The van der Waals surface area contributed by atoms with E-state index in [1.54, 1.807) is 6.92 Å². The molecule has 0 atom stereocenters. The summed E-state index contributed by atoms with van der Waals surface area (Å²) in [5.74, 6) is -0.715. The Labute approximate surface area is 90.5 Å². The average Bonchev–Trinajstić information content (AvgIpc) is 2.58. The predicted molar refractivity (Wildman–Crippen MR) is 54.7 cm³/mol. The van der Waals surface area contributed by atoms with Gasteiger partial charge in [-0.15, -0.1) is 0 Å². The minimum absolute atomic E-state index is 0.211. The van der Waals surface area contributed by atoms with Crippen molar-refractivity contribution in [1.82, 2.24) is 15.0 Å². The fourth-order valence-corrected chi connectivity index (χ4v) is 0.912. The third kappa shape index (κ3) is 3.52. The van der Waals surface area contributed by atoms with Crippen molar-refractivity contribution in [1.29, 1.82) is 0 Å². The van der Waals surface area contributed by atoms with Crippen LogP contribution in [0.15, 0.2) is 21.7 Å². The molecule has 0 aliphatic carbocycles. The molecule has 0 fully saturated rings. The van der Waals surface area contributed by atoms with Crippen molar-refractivity contribution in [2.45, 2.75) is 13.8 Å². The molecule has 0 saturated heterocycles. The summed E-state index contributed by atoms with van der Waals surface area (Å²) in [5.41, 5.74) is 0.813. The van der Waals surface area contributed by atoms with E-state index >= 15 is 0 Å². The molecule has 7 heteroatoms. The monoisotopic (exact) mass is 225 g/mol. The molecule has 0 radical (unpaired) electrons. The van der Waals surface area contributed by atoms with E-state index < -0.39 is 5.76 Å². The molecule has 0 bridgehead atoms. The number of ether oxygens (including phenoxy) is 1. The molecule has 0 amide bonds. The van der Waals surface area contributed by atoms with Gasteiger partial charge in [0.1, 0.15) is 11.8 Å². The van der Waals surface area contributed by atoms with E-state index in [9.17, 15) is 9.59 Å². The van der Waals surface area contributed by atoms with Crippen LogP contribution in [0.25, 0.3) is 11.2 Å². The summed E-state index contributed by atoms with van der Waals surface area (Å²) < 4.78 is 9.01. The SMILES string of the molecule is CCOC(C)=O.O=c1[nH]c2cncnc2o1. The summed E-state index contributed by atoms with van der Waals surface area (Å²) in [6, 6.07) is 0. The summed E-state index contributed by atoms with van der Waals surface area (Å²) in [6.07, 6.45) is 2.80. The van der Waals surface area contributed by atoms with Crippen molar-refractivity contribution in [3.8, 4) is 0 Å². The lowest BCUT2D eigenvalue weighted by Gasteiger charge is -1.89. The normalized spacial score (nSPS) is 9.38. The predicted octanol–water partition coefficient (Wildman–Crippen LogP) is 0.480. The first-order valence-electron chi connectivity index (χ1n) is 4.55. The minimum atomic E-state index is -0.504. The Morgan fingerprint density at radius 2 is 2.38 bits per heavy atom. The van der Waals surface area contributed by atoms with Crippen LogP contribution in [0.3, 0.4) is 0 Å². The van der Waals surface area contributed by atoms with Crippen molar-refractivity contribution >= 4 is 17.2 Å². The van der Waals surface area contributed by atoms with Crippen molar-refractivity contribution in [2.75, 3.05) is 6.61 Å². The number of nitrogens with one attached hydrogen (secondary N) is 1. The second kappa shape index (κ2) is 5.64. The Balaban J connectivity index is 0.000000187. The molecule has 2 aromatic rings. The standard InChI is InChI=1S/C5H3N3O2.C4H8O2/c9-5-8-3-1-6-2-7-4(3)10-5;1-3-6-4(2)5/h1-2H,(H,8,9);3H2,1-2H3. The molecule has 16 heavy (non-hydrogen) atoms. The zero-order valence-electron chi connectivity index (χ0n) is 8.89.